The van der Waals surface area contributed by atoms with Crippen LogP contribution in [0.1, 0.15) is 59.8 Å². The molecule has 0 aromatic carbocycles. The Bertz CT molecular complexity index is 234. The fraction of sp³-hybridized carbons (Fsp3) is 1.00. The Kier molecular flexibility index (Phi) is 5.67. The van der Waals surface area contributed by atoms with Gasteiger partial charge in [-0.25, -0.2) is 0 Å². The lowest BCUT2D eigenvalue weighted by Crippen LogP contribution is -2.39. The Morgan fingerprint density at radius 3 is 2.22 bits per heavy atom. The van der Waals surface area contributed by atoms with Crippen molar-refractivity contribution in [2.75, 3.05) is 20.3 Å². The van der Waals surface area contributed by atoms with Crippen LogP contribution in [0.25, 0.3) is 0 Å². The number of methoxy groups -OCH3 is 1. The fourth-order valence-electron chi connectivity index (χ4n) is 3.47. The topological polar surface area (TPSA) is 29.5 Å². The van der Waals surface area contributed by atoms with Crippen LogP contribution >= 0.6 is 0 Å². The monoisotopic (exact) mass is 256 g/mol. The third-order valence-electron chi connectivity index (χ3n) is 5.32. The van der Waals surface area contributed by atoms with Gasteiger partial charge in [-0.2, -0.15) is 0 Å². The van der Waals surface area contributed by atoms with Crippen LogP contribution in [0.2, 0.25) is 0 Å². The zero-order valence-electron chi connectivity index (χ0n) is 13.0. The first-order valence-corrected chi connectivity index (χ1v) is 7.45. The molecule has 1 rings (SSSR count). The van der Waals surface area contributed by atoms with Gasteiger partial charge in [-0.3, -0.25) is 0 Å². The van der Waals surface area contributed by atoms with Crippen LogP contribution in [0.4, 0.5) is 0 Å². The molecule has 0 heterocycles. The van der Waals surface area contributed by atoms with Crippen molar-refractivity contribution in [2.24, 2.45) is 22.7 Å². The summed E-state index contributed by atoms with van der Waals surface area (Å²) >= 11 is 0. The second-order valence-electron chi connectivity index (χ2n) is 7.34. The van der Waals surface area contributed by atoms with E-state index in [1.807, 2.05) is 0 Å². The quantitative estimate of drug-likeness (QED) is 0.809. The average Bonchev–Trinajstić information content (AvgIpc) is 2.34. The van der Waals surface area contributed by atoms with Gasteiger partial charge in [0.25, 0.3) is 0 Å². The summed E-state index contributed by atoms with van der Waals surface area (Å²) in [5, 5.41) is 9.86. The van der Waals surface area contributed by atoms with Gasteiger partial charge in [0.1, 0.15) is 0 Å². The van der Waals surface area contributed by atoms with Gasteiger partial charge in [-0.1, -0.05) is 27.7 Å². The maximum Gasteiger partial charge on any atom is 0.0489 e. The highest BCUT2D eigenvalue weighted by Gasteiger charge is 2.41. The average molecular weight is 256 g/mol. The van der Waals surface area contributed by atoms with E-state index in [0.717, 1.165) is 18.9 Å². The highest BCUT2D eigenvalue weighted by Crippen LogP contribution is 2.49. The number of ether oxygens (including phenoxy) is 1. The van der Waals surface area contributed by atoms with Crippen LogP contribution in [-0.2, 0) is 4.74 Å². The zero-order valence-corrected chi connectivity index (χ0v) is 13.0. The van der Waals surface area contributed by atoms with Crippen LogP contribution in [0, 0.1) is 22.7 Å². The molecule has 0 bridgehead atoms. The van der Waals surface area contributed by atoms with Gasteiger partial charge in [-0.15, -0.1) is 0 Å². The molecule has 2 nitrogen and oxygen atoms in total. The summed E-state index contributed by atoms with van der Waals surface area (Å²) in [4.78, 5) is 0. The number of rotatable bonds is 5. The smallest absolute Gasteiger partial charge is 0.0489 e. The number of hydrogen-bond acceptors (Lipinski definition) is 2. The van der Waals surface area contributed by atoms with Gasteiger partial charge in [0.15, 0.2) is 0 Å². The number of aliphatic hydroxyl groups is 1. The largest absolute Gasteiger partial charge is 0.396 e. The molecule has 108 valence electrons. The van der Waals surface area contributed by atoms with Gasteiger partial charge >= 0.3 is 0 Å². The molecule has 1 atom stereocenters. The number of aliphatic hydroxyl groups excluding tert-OH is 1. The van der Waals surface area contributed by atoms with Crippen molar-refractivity contribution >= 4 is 0 Å². The van der Waals surface area contributed by atoms with Crippen molar-refractivity contribution in [3.05, 3.63) is 0 Å². The van der Waals surface area contributed by atoms with Crippen LogP contribution in [0.15, 0.2) is 0 Å². The van der Waals surface area contributed by atoms with E-state index in [9.17, 15) is 5.11 Å². The predicted octanol–water partition coefficient (Wildman–Crippen LogP) is 3.87. The molecule has 1 aliphatic carbocycles. The van der Waals surface area contributed by atoms with Crippen molar-refractivity contribution in [1.29, 1.82) is 0 Å². The first-order chi connectivity index (χ1) is 8.35. The molecule has 0 amide bonds. The normalized spacial score (nSPS) is 31.3. The highest BCUT2D eigenvalue weighted by atomic mass is 16.5. The molecule has 0 aromatic rings. The van der Waals surface area contributed by atoms with E-state index in [4.69, 9.17) is 4.74 Å². The molecule has 1 N–H and O–H groups in total. The third kappa shape index (κ3) is 3.71. The lowest BCUT2D eigenvalue weighted by Gasteiger charge is -2.46. The standard InChI is InChI=1S/C16H32O2/c1-13(8-11-18-5)16(12-17)9-6-14(7-10-16)15(2,3)4/h13-14,17H,6-12H2,1-5H3. The molecule has 1 unspecified atom stereocenters. The third-order valence-corrected chi connectivity index (χ3v) is 5.32. The molecule has 1 fully saturated rings. The minimum atomic E-state index is 0.153. The minimum Gasteiger partial charge on any atom is -0.396 e. The maximum atomic E-state index is 9.86. The van der Waals surface area contributed by atoms with Crippen molar-refractivity contribution in [3.63, 3.8) is 0 Å². The Hall–Kier alpha value is -0.0800. The van der Waals surface area contributed by atoms with Crippen LogP contribution in [0.3, 0.4) is 0 Å². The van der Waals surface area contributed by atoms with Crippen LogP contribution in [-0.4, -0.2) is 25.4 Å². The predicted molar refractivity (Wildman–Crippen MR) is 76.6 cm³/mol. The molecule has 0 aliphatic heterocycles. The number of hydrogen-bond donors (Lipinski definition) is 1. The summed E-state index contributed by atoms with van der Waals surface area (Å²) in [6, 6.07) is 0. The first-order valence-electron chi connectivity index (χ1n) is 7.45. The van der Waals surface area contributed by atoms with E-state index in [-0.39, 0.29) is 5.41 Å². The van der Waals surface area contributed by atoms with E-state index in [2.05, 4.69) is 27.7 Å². The summed E-state index contributed by atoms with van der Waals surface area (Å²) < 4.78 is 5.19. The van der Waals surface area contributed by atoms with E-state index < -0.39 is 0 Å². The minimum absolute atomic E-state index is 0.153. The summed E-state index contributed by atoms with van der Waals surface area (Å²) in [5.41, 5.74) is 0.567. The molecular formula is C16H32O2. The highest BCUT2D eigenvalue weighted by molar-refractivity contribution is 4.91. The van der Waals surface area contributed by atoms with E-state index in [1.54, 1.807) is 7.11 Å². The van der Waals surface area contributed by atoms with E-state index >= 15 is 0 Å². The van der Waals surface area contributed by atoms with Gasteiger partial charge in [0.05, 0.1) is 0 Å². The lowest BCUT2D eigenvalue weighted by molar-refractivity contribution is -0.0125. The van der Waals surface area contributed by atoms with Crippen LogP contribution < -0.4 is 0 Å². The van der Waals surface area contributed by atoms with Crippen molar-refractivity contribution in [3.8, 4) is 0 Å². The van der Waals surface area contributed by atoms with Gasteiger partial charge < -0.3 is 9.84 Å². The Morgan fingerprint density at radius 2 is 1.83 bits per heavy atom. The lowest BCUT2D eigenvalue weighted by atomic mass is 9.60. The first kappa shape index (κ1) is 16.0. The van der Waals surface area contributed by atoms with E-state index in [0.29, 0.717) is 17.9 Å². The van der Waals surface area contributed by atoms with Gasteiger partial charge in [0, 0.05) is 20.3 Å². The second-order valence-corrected chi connectivity index (χ2v) is 7.34. The molecular weight excluding hydrogens is 224 g/mol. The summed E-state index contributed by atoms with van der Waals surface area (Å²) in [6.45, 7) is 10.5. The molecule has 2 heteroatoms. The molecule has 0 saturated heterocycles. The molecule has 0 spiro atoms. The summed E-state index contributed by atoms with van der Waals surface area (Å²) in [6.07, 6.45) is 5.95. The fourth-order valence-corrected chi connectivity index (χ4v) is 3.47. The molecule has 0 radical (unpaired) electrons. The maximum absolute atomic E-state index is 9.86. The second kappa shape index (κ2) is 6.38. The zero-order chi connectivity index (χ0) is 13.8. The molecule has 0 aromatic heterocycles. The van der Waals surface area contributed by atoms with Crippen molar-refractivity contribution in [1.82, 2.24) is 0 Å². The Morgan fingerprint density at radius 1 is 1.28 bits per heavy atom. The SMILES string of the molecule is COCCC(C)C1(CO)CCC(C(C)(C)C)CC1. The van der Waals surface area contributed by atoms with Gasteiger partial charge in [-0.05, 0) is 54.8 Å². The summed E-state index contributed by atoms with van der Waals surface area (Å²) in [7, 11) is 1.76. The van der Waals surface area contributed by atoms with Crippen LogP contribution in [0.5, 0.6) is 0 Å². The van der Waals surface area contributed by atoms with Crippen molar-refractivity contribution in [2.45, 2.75) is 59.8 Å². The molecule has 1 saturated carbocycles. The van der Waals surface area contributed by atoms with Crippen molar-refractivity contribution < 1.29 is 9.84 Å². The Balaban J connectivity index is 2.59. The Labute approximate surface area is 113 Å². The van der Waals surface area contributed by atoms with E-state index in [1.165, 1.54) is 25.7 Å². The molecule has 1 aliphatic rings. The summed E-state index contributed by atoms with van der Waals surface area (Å²) in [5.74, 6) is 1.37. The van der Waals surface area contributed by atoms with Gasteiger partial charge in [0.2, 0.25) is 0 Å². The molecule has 18 heavy (non-hydrogen) atoms.